The number of sulfonamides is 1. The lowest BCUT2D eigenvalue weighted by Crippen LogP contribution is -2.32. The smallest absolute Gasteiger partial charge is 0.416 e. The van der Waals surface area contributed by atoms with Gasteiger partial charge in [0.15, 0.2) is 5.25 Å². The second-order valence-electron chi connectivity index (χ2n) is 3.70. The molecule has 0 heterocycles. The number of hydrogen-bond donors (Lipinski definition) is 2. The number of hydrogen-bond acceptors (Lipinski definition) is 3. The van der Waals surface area contributed by atoms with Crippen LogP contribution in [0, 0.1) is 0 Å². The summed E-state index contributed by atoms with van der Waals surface area (Å²) in [5, 5.41) is 6.87. The van der Waals surface area contributed by atoms with Crippen molar-refractivity contribution in [3.8, 4) is 0 Å². The van der Waals surface area contributed by atoms with Crippen LogP contribution >= 0.6 is 0 Å². The molecule has 1 aromatic carbocycles. The standard InChI is InChI=1S/C10H10F3NO4S/c1-6(9(15)16)19(17,18)14-8-4-2-7(3-5-8)10(11,12)13/h2-6,14H,1H3,(H,15,16). The van der Waals surface area contributed by atoms with E-state index in [0.29, 0.717) is 12.1 Å². The van der Waals surface area contributed by atoms with E-state index < -0.39 is 33.0 Å². The second-order valence-corrected chi connectivity index (χ2v) is 5.70. The Labute approximate surface area is 107 Å². The van der Waals surface area contributed by atoms with Crippen LogP contribution in [-0.2, 0) is 21.0 Å². The zero-order chi connectivity index (χ0) is 14.8. The highest BCUT2D eigenvalue weighted by Crippen LogP contribution is 2.30. The van der Waals surface area contributed by atoms with Gasteiger partial charge in [-0.25, -0.2) is 8.42 Å². The van der Waals surface area contributed by atoms with Crippen molar-refractivity contribution in [1.82, 2.24) is 0 Å². The van der Waals surface area contributed by atoms with E-state index in [4.69, 9.17) is 5.11 Å². The molecular weight excluding hydrogens is 287 g/mol. The molecular formula is C10H10F3NO4S. The molecule has 0 bridgehead atoms. The molecule has 1 rings (SSSR count). The van der Waals surface area contributed by atoms with Gasteiger partial charge in [-0.05, 0) is 31.2 Å². The number of carboxylic acid groups (broad SMARTS) is 1. The average molecular weight is 297 g/mol. The molecule has 5 nitrogen and oxygen atoms in total. The lowest BCUT2D eigenvalue weighted by atomic mass is 10.2. The number of carbonyl (C=O) groups is 1. The maximum Gasteiger partial charge on any atom is 0.416 e. The van der Waals surface area contributed by atoms with E-state index in [0.717, 1.165) is 19.1 Å². The van der Waals surface area contributed by atoms with Gasteiger partial charge >= 0.3 is 12.1 Å². The molecule has 0 amide bonds. The molecule has 19 heavy (non-hydrogen) atoms. The van der Waals surface area contributed by atoms with E-state index in [-0.39, 0.29) is 5.69 Å². The van der Waals surface area contributed by atoms with Crippen LogP contribution in [0.25, 0.3) is 0 Å². The highest BCUT2D eigenvalue weighted by atomic mass is 32.2. The molecule has 0 spiro atoms. The number of rotatable bonds is 4. The summed E-state index contributed by atoms with van der Waals surface area (Å²) < 4.78 is 61.7. The first-order valence-electron chi connectivity index (χ1n) is 4.96. The van der Waals surface area contributed by atoms with Gasteiger partial charge in [0.25, 0.3) is 0 Å². The normalized spacial score (nSPS) is 13.9. The van der Waals surface area contributed by atoms with Gasteiger partial charge in [-0.15, -0.1) is 0 Å². The number of aliphatic carboxylic acids is 1. The van der Waals surface area contributed by atoms with Gasteiger partial charge in [-0.3, -0.25) is 9.52 Å². The summed E-state index contributed by atoms with van der Waals surface area (Å²) in [6.07, 6.45) is -4.52. The number of anilines is 1. The molecule has 106 valence electrons. The van der Waals surface area contributed by atoms with Crippen LogP contribution in [-0.4, -0.2) is 24.7 Å². The molecule has 1 atom stereocenters. The minimum atomic E-state index is -4.52. The number of alkyl halides is 3. The van der Waals surface area contributed by atoms with Crippen LogP contribution in [0.5, 0.6) is 0 Å². The van der Waals surface area contributed by atoms with Gasteiger partial charge in [0, 0.05) is 5.69 Å². The molecule has 2 N–H and O–H groups in total. The molecule has 0 aliphatic carbocycles. The molecule has 0 aliphatic rings. The average Bonchev–Trinajstić information content (AvgIpc) is 2.26. The van der Waals surface area contributed by atoms with E-state index in [9.17, 15) is 26.4 Å². The minimum absolute atomic E-state index is 0.138. The van der Waals surface area contributed by atoms with Crippen molar-refractivity contribution in [1.29, 1.82) is 0 Å². The maximum absolute atomic E-state index is 12.3. The van der Waals surface area contributed by atoms with Crippen LogP contribution in [0.3, 0.4) is 0 Å². The predicted molar refractivity (Wildman–Crippen MR) is 61.1 cm³/mol. The fourth-order valence-electron chi connectivity index (χ4n) is 1.11. The van der Waals surface area contributed by atoms with E-state index in [1.807, 2.05) is 4.72 Å². The Kier molecular flexibility index (Phi) is 4.09. The molecule has 0 aromatic heterocycles. The van der Waals surface area contributed by atoms with E-state index in [2.05, 4.69) is 0 Å². The monoisotopic (exact) mass is 297 g/mol. The van der Waals surface area contributed by atoms with Gasteiger partial charge in [-0.2, -0.15) is 13.2 Å². The maximum atomic E-state index is 12.3. The third kappa shape index (κ3) is 3.85. The summed E-state index contributed by atoms with van der Waals surface area (Å²) in [5.74, 6) is -1.56. The first-order valence-corrected chi connectivity index (χ1v) is 6.50. The molecule has 0 saturated heterocycles. The summed E-state index contributed by atoms with van der Waals surface area (Å²) in [6.45, 7) is 0.953. The van der Waals surface area contributed by atoms with Crippen molar-refractivity contribution in [2.24, 2.45) is 0 Å². The van der Waals surface area contributed by atoms with Crippen LogP contribution < -0.4 is 4.72 Å². The molecule has 0 radical (unpaired) electrons. The molecule has 0 aliphatic heterocycles. The van der Waals surface area contributed by atoms with Gasteiger partial charge < -0.3 is 5.11 Å². The third-order valence-electron chi connectivity index (χ3n) is 2.29. The van der Waals surface area contributed by atoms with Gasteiger partial charge in [-0.1, -0.05) is 0 Å². The quantitative estimate of drug-likeness (QED) is 0.889. The summed E-state index contributed by atoms with van der Waals surface area (Å²) in [4.78, 5) is 10.6. The number of benzene rings is 1. The van der Waals surface area contributed by atoms with Crippen molar-refractivity contribution in [2.45, 2.75) is 18.3 Å². The van der Waals surface area contributed by atoms with Crippen molar-refractivity contribution in [3.63, 3.8) is 0 Å². The Hall–Kier alpha value is -1.77. The first kappa shape index (κ1) is 15.3. The summed E-state index contributed by atoms with van der Waals surface area (Å²) in [6, 6.07) is 3.22. The van der Waals surface area contributed by atoms with Gasteiger partial charge in [0.2, 0.25) is 10.0 Å². The van der Waals surface area contributed by atoms with Gasteiger partial charge in [0.05, 0.1) is 5.56 Å². The number of carboxylic acids is 1. The van der Waals surface area contributed by atoms with E-state index in [1.165, 1.54) is 0 Å². The number of nitrogens with one attached hydrogen (secondary N) is 1. The Bertz CT molecular complexity index is 565. The molecule has 0 saturated carbocycles. The highest BCUT2D eigenvalue weighted by molar-refractivity contribution is 7.94. The lowest BCUT2D eigenvalue weighted by molar-refractivity contribution is -0.138. The minimum Gasteiger partial charge on any atom is -0.480 e. The Morgan fingerprint density at radius 3 is 2.11 bits per heavy atom. The fourth-order valence-corrected chi connectivity index (χ4v) is 2.02. The topological polar surface area (TPSA) is 83.5 Å². The van der Waals surface area contributed by atoms with Crippen LogP contribution in [0.15, 0.2) is 24.3 Å². The zero-order valence-electron chi connectivity index (χ0n) is 9.60. The summed E-state index contributed by atoms with van der Waals surface area (Å²) in [7, 11) is -4.19. The van der Waals surface area contributed by atoms with E-state index in [1.54, 1.807) is 0 Å². The SMILES string of the molecule is CC(C(=O)O)S(=O)(=O)Nc1ccc(C(F)(F)F)cc1. The van der Waals surface area contributed by atoms with Crippen molar-refractivity contribution < 1.29 is 31.5 Å². The third-order valence-corrected chi connectivity index (χ3v) is 3.94. The summed E-state index contributed by atoms with van der Waals surface area (Å²) in [5.41, 5.74) is -1.07. The van der Waals surface area contributed by atoms with Crippen LogP contribution in [0.4, 0.5) is 18.9 Å². The van der Waals surface area contributed by atoms with Crippen LogP contribution in [0.2, 0.25) is 0 Å². The molecule has 1 unspecified atom stereocenters. The first-order chi connectivity index (χ1) is 8.54. The Morgan fingerprint density at radius 1 is 1.26 bits per heavy atom. The Balaban J connectivity index is 2.93. The Morgan fingerprint density at radius 2 is 1.74 bits per heavy atom. The lowest BCUT2D eigenvalue weighted by Gasteiger charge is -2.12. The van der Waals surface area contributed by atoms with E-state index >= 15 is 0 Å². The van der Waals surface area contributed by atoms with Crippen molar-refractivity contribution >= 4 is 21.7 Å². The number of halogens is 3. The summed E-state index contributed by atoms with van der Waals surface area (Å²) >= 11 is 0. The van der Waals surface area contributed by atoms with Crippen molar-refractivity contribution in [3.05, 3.63) is 29.8 Å². The molecule has 1 aromatic rings. The van der Waals surface area contributed by atoms with Crippen LogP contribution in [0.1, 0.15) is 12.5 Å². The predicted octanol–water partition coefficient (Wildman–Crippen LogP) is 1.92. The molecule has 9 heteroatoms. The zero-order valence-corrected chi connectivity index (χ0v) is 10.4. The van der Waals surface area contributed by atoms with Gasteiger partial charge in [0.1, 0.15) is 0 Å². The molecule has 0 fully saturated rings. The van der Waals surface area contributed by atoms with Crippen molar-refractivity contribution in [2.75, 3.05) is 4.72 Å². The highest BCUT2D eigenvalue weighted by Gasteiger charge is 2.31. The fraction of sp³-hybridized carbons (Fsp3) is 0.300. The largest absolute Gasteiger partial charge is 0.480 e. The second kappa shape index (κ2) is 5.08.